The molecule has 0 spiro atoms. The van der Waals surface area contributed by atoms with Crippen LogP contribution in [-0.4, -0.2) is 28.5 Å². The smallest absolute Gasteiger partial charge is 0.0725 e. The van der Waals surface area contributed by atoms with E-state index >= 15 is 0 Å². The molecule has 58 valence electrons. The normalized spacial score (nSPS) is 40.5. The first kappa shape index (κ1) is 5.71. The number of nitrogens with one attached hydrogen (secondary N) is 2. The Morgan fingerprint density at radius 3 is 2.82 bits per heavy atom. The van der Waals surface area contributed by atoms with Gasteiger partial charge in [-0.25, -0.2) is 0 Å². The highest BCUT2D eigenvalue weighted by molar-refractivity contribution is 5.21. The van der Waals surface area contributed by atoms with Crippen LogP contribution in [0.2, 0.25) is 0 Å². The molecule has 3 rings (SSSR count). The molecule has 1 saturated carbocycles. The zero-order valence-electron chi connectivity index (χ0n) is 6.12. The lowest BCUT2D eigenvalue weighted by atomic mass is 10.2. The van der Waals surface area contributed by atoms with E-state index < -0.39 is 0 Å². The van der Waals surface area contributed by atoms with Crippen LogP contribution in [0, 0.1) is 11.8 Å². The van der Waals surface area contributed by atoms with Gasteiger partial charge in [-0.2, -0.15) is 0 Å². The van der Waals surface area contributed by atoms with E-state index in [1.165, 1.54) is 18.8 Å². The predicted octanol–water partition coefficient (Wildman–Crippen LogP) is -0.263. The molecule has 2 N–H and O–H groups in total. The summed E-state index contributed by atoms with van der Waals surface area (Å²) >= 11 is 0. The van der Waals surface area contributed by atoms with Crippen LogP contribution in [0.4, 0.5) is 0 Å². The third-order valence-corrected chi connectivity index (χ3v) is 2.88. The number of hydrogen-bond acceptors (Lipinski definition) is 3. The maximum atomic E-state index is 3.78. The molecule has 0 aromatic carbocycles. The molecule has 11 heavy (non-hydrogen) atoms. The quantitative estimate of drug-likeness (QED) is 0.579. The second-order valence-corrected chi connectivity index (χ2v) is 3.42. The Labute approximate surface area is 64.4 Å². The molecule has 4 heteroatoms. The molecule has 1 aromatic rings. The first-order chi connectivity index (χ1) is 5.47. The van der Waals surface area contributed by atoms with Crippen molar-refractivity contribution in [3.63, 3.8) is 0 Å². The van der Waals surface area contributed by atoms with Crippen LogP contribution in [0.15, 0.2) is 6.20 Å². The SMILES string of the molecule is c1nn[nH]c1C1[C@H]2CNC[C@@H]12. The fraction of sp³-hybridized carbons (Fsp3) is 0.714. The van der Waals surface area contributed by atoms with Crippen molar-refractivity contribution in [2.24, 2.45) is 11.8 Å². The molecule has 2 fully saturated rings. The summed E-state index contributed by atoms with van der Waals surface area (Å²) in [7, 11) is 0. The van der Waals surface area contributed by atoms with Crippen LogP contribution in [0.25, 0.3) is 0 Å². The summed E-state index contributed by atoms with van der Waals surface area (Å²) in [6.07, 6.45) is 1.85. The summed E-state index contributed by atoms with van der Waals surface area (Å²) in [5.41, 5.74) is 1.22. The zero-order chi connectivity index (χ0) is 7.26. The summed E-state index contributed by atoms with van der Waals surface area (Å²) in [4.78, 5) is 0. The lowest BCUT2D eigenvalue weighted by molar-refractivity contribution is 0.673. The van der Waals surface area contributed by atoms with Crippen LogP contribution in [0.5, 0.6) is 0 Å². The number of aromatic amines is 1. The van der Waals surface area contributed by atoms with Gasteiger partial charge >= 0.3 is 0 Å². The zero-order valence-corrected chi connectivity index (χ0v) is 6.12. The van der Waals surface area contributed by atoms with Gasteiger partial charge in [-0.1, -0.05) is 5.21 Å². The minimum atomic E-state index is 0.728. The average molecular weight is 150 g/mol. The second kappa shape index (κ2) is 1.82. The maximum Gasteiger partial charge on any atom is 0.0725 e. The first-order valence-corrected chi connectivity index (χ1v) is 4.03. The highest BCUT2D eigenvalue weighted by Crippen LogP contribution is 2.54. The molecule has 2 aliphatic rings. The Balaban J connectivity index is 1.85. The molecular formula is C7H10N4. The van der Waals surface area contributed by atoms with E-state index in [0.717, 1.165) is 17.8 Å². The molecule has 1 saturated heterocycles. The highest BCUT2D eigenvalue weighted by Gasteiger charge is 2.54. The molecule has 0 bridgehead atoms. The summed E-state index contributed by atoms with van der Waals surface area (Å²) in [6, 6.07) is 0. The van der Waals surface area contributed by atoms with Crippen molar-refractivity contribution in [3.05, 3.63) is 11.9 Å². The van der Waals surface area contributed by atoms with Gasteiger partial charge in [0.25, 0.3) is 0 Å². The number of hydrogen-bond donors (Lipinski definition) is 2. The molecule has 1 aliphatic carbocycles. The van der Waals surface area contributed by atoms with Crippen LogP contribution in [0.3, 0.4) is 0 Å². The van der Waals surface area contributed by atoms with E-state index in [0.29, 0.717) is 0 Å². The topological polar surface area (TPSA) is 53.6 Å². The summed E-state index contributed by atoms with van der Waals surface area (Å²) < 4.78 is 0. The summed E-state index contributed by atoms with van der Waals surface area (Å²) in [5.74, 6) is 2.45. The molecule has 3 atom stereocenters. The van der Waals surface area contributed by atoms with Gasteiger partial charge in [0, 0.05) is 5.92 Å². The fourth-order valence-electron chi connectivity index (χ4n) is 2.25. The van der Waals surface area contributed by atoms with E-state index in [9.17, 15) is 0 Å². The van der Waals surface area contributed by atoms with Gasteiger partial charge in [-0.15, -0.1) is 5.10 Å². The average Bonchev–Trinajstić information content (AvgIpc) is 2.57. The molecule has 0 amide bonds. The largest absolute Gasteiger partial charge is 0.316 e. The lowest BCUT2D eigenvalue weighted by Gasteiger charge is -1.98. The number of piperidine rings is 1. The minimum absolute atomic E-state index is 0.728. The molecule has 4 nitrogen and oxygen atoms in total. The number of fused-ring (bicyclic) bond motifs is 1. The number of nitrogens with zero attached hydrogens (tertiary/aromatic N) is 2. The van der Waals surface area contributed by atoms with Gasteiger partial charge in [0.1, 0.15) is 0 Å². The van der Waals surface area contributed by atoms with Crippen molar-refractivity contribution in [3.8, 4) is 0 Å². The summed E-state index contributed by atoms with van der Waals surface area (Å²) in [6.45, 7) is 2.35. The van der Waals surface area contributed by atoms with Crippen molar-refractivity contribution < 1.29 is 0 Å². The maximum absolute atomic E-state index is 3.78. The third kappa shape index (κ3) is 0.673. The van der Waals surface area contributed by atoms with Crippen molar-refractivity contribution in [2.75, 3.05) is 13.1 Å². The Hall–Kier alpha value is -0.900. The molecule has 2 heterocycles. The number of rotatable bonds is 1. The van der Waals surface area contributed by atoms with Crippen LogP contribution in [0.1, 0.15) is 11.6 Å². The van der Waals surface area contributed by atoms with Crippen molar-refractivity contribution >= 4 is 0 Å². The van der Waals surface area contributed by atoms with Crippen molar-refractivity contribution in [2.45, 2.75) is 5.92 Å². The molecule has 1 aliphatic heterocycles. The molecule has 0 radical (unpaired) electrons. The van der Waals surface area contributed by atoms with Gasteiger partial charge in [0.2, 0.25) is 0 Å². The van der Waals surface area contributed by atoms with Crippen molar-refractivity contribution in [1.82, 2.24) is 20.7 Å². The number of H-pyrrole nitrogens is 1. The van der Waals surface area contributed by atoms with Crippen LogP contribution >= 0.6 is 0 Å². The molecule has 1 aromatic heterocycles. The minimum Gasteiger partial charge on any atom is -0.316 e. The van der Waals surface area contributed by atoms with E-state index in [1.807, 2.05) is 6.20 Å². The van der Waals surface area contributed by atoms with Crippen LogP contribution in [-0.2, 0) is 0 Å². The van der Waals surface area contributed by atoms with Gasteiger partial charge in [-0.3, -0.25) is 5.10 Å². The predicted molar refractivity (Wildman–Crippen MR) is 39.0 cm³/mol. The van der Waals surface area contributed by atoms with Gasteiger partial charge in [0.15, 0.2) is 0 Å². The fourth-order valence-corrected chi connectivity index (χ4v) is 2.25. The Kier molecular flexibility index (Phi) is 0.946. The van der Waals surface area contributed by atoms with E-state index in [-0.39, 0.29) is 0 Å². The van der Waals surface area contributed by atoms with E-state index in [2.05, 4.69) is 20.7 Å². The van der Waals surface area contributed by atoms with Gasteiger partial charge in [-0.05, 0) is 24.9 Å². The first-order valence-electron chi connectivity index (χ1n) is 4.03. The second-order valence-electron chi connectivity index (χ2n) is 3.42. The number of aromatic nitrogens is 3. The van der Waals surface area contributed by atoms with Gasteiger partial charge < -0.3 is 5.32 Å². The Morgan fingerprint density at radius 2 is 2.18 bits per heavy atom. The molecular weight excluding hydrogens is 140 g/mol. The Bertz CT molecular complexity index is 245. The monoisotopic (exact) mass is 150 g/mol. The Morgan fingerprint density at radius 1 is 1.36 bits per heavy atom. The van der Waals surface area contributed by atoms with E-state index in [4.69, 9.17) is 0 Å². The van der Waals surface area contributed by atoms with Crippen LogP contribution < -0.4 is 5.32 Å². The molecule has 1 unspecified atom stereocenters. The van der Waals surface area contributed by atoms with Gasteiger partial charge in [0.05, 0.1) is 11.9 Å². The van der Waals surface area contributed by atoms with Crippen molar-refractivity contribution in [1.29, 1.82) is 0 Å². The standard InChI is InChI=1S/C7H10N4/c1-4-5(2-8-1)7(4)6-3-9-11-10-6/h3-5,7-8H,1-2H2,(H,9,10,11)/t4-,5+,7?. The third-order valence-electron chi connectivity index (χ3n) is 2.88. The van der Waals surface area contributed by atoms with E-state index in [1.54, 1.807) is 0 Å². The lowest BCUT2D eigenvalue weighted by Crippen LogP contribution is -2.14. The summed E-state index contributed by atoms with van der Waals surface area (Å²) in [5, 5.41) is 13.8. The highest BCUT2D eigenvalue weighted by atomic mass is 15.3.